The molecule has 0 saturated carbocycles. The van der Waals surface area contributed by atoms with E-state index >= 15 is 0 Å². The van der Waals surface area contributed by atoms with Gasteiger partial charge in [0.15, 0.2) is 0 Å². The molecule has 1 atom stereocenters. The van der Waals surface area contributed by atoms with Crippen LogP contribution in [0.5, 0.6) is 0 Å². The van der Waals surface area contributed by atoms with Gasteiger partial charge in [0.2, 0.25) is 0 Å². The Morgan fingerprint density at radius 1 is 1.36 bits per heavy atom. The largest absolute Gasteiger partial charge is 0.336 e. The molecule has 1 amide bonds. The van der Waals surface area contributed by atoms with Gasteiger partial charge in [0.1, 0.15) is 18.2 Å². The summed E-state index contributed by atoms with van der Waals surface area (Å²) in [5.41, 5.74) is 1.36. The van der Waals surface area contributed by atoms with Crippen LogP contribution in [0.4, 0.5) is 0 Å². The van der Waals surface area contributed by atoms with Crippen LogP contribution < -0.4 is 5.32 Å². The summed E-state index contributed by atoms with van der Waals surface area (Å²) in [6.07, 6.45) is 5.15. The van der Waals surface area contributed by atoms with Gasteiger partial charge in [-0.05, 0) is 28.6 Å². The molecule has 0 aliphatic carbocycles. The first kappa shape index (κ1) is 15.5. The van der Waals surface area contributed by atoms with Crippen LogP contribution in [0.2, 0.25) is 0 Å². The number of aromatic nitrogens is 6. The van der Waals surface area contributed by atoms with Crippen LogP contribution in [0.3, 0.4) is 0 Å². The van der Waals surface area contributed by atoms with Gasteiger partial charge in [-0.25, -0.2) is 9.67 Å². The number of piperazine rings is 1. The number of rotatable bonds is 3. The topological polar surface area (TPSA) is 93.8 Å². The van der Waals surface area contributed by atoms with Gasteiger partial charge in [0.25, 0.3) is 5.91 Å². The first-order valence-corrected chi connectivity index (χ1v) is 8.06. The third kappa shape index (κ3) is 2.89. The van der Waals surface area contributed by atoms with Gasteiger partial charge in [-0.2, -0.15) is 0 Å². The van der Waals surface area contributed by atoms with Crippen LogP contribution in [0.25, 0.3) is 5.69 Å². The Morgan fingerprint density at radius 2 is 2.28 bits per heavy atom. The van der Waals surface area contributed by atoms with Gasteiger partial charge < -0.3 is 14.8 Å². The Balaban J connectivity index is 1.65. The Hall–Kier alpha value is -3.07. The molecule has 9 heteroatoms. The average Bonchev–Trinajstić information content (AvgIpc) is 3.33. The van der Waals surface area contributed by atoms with Crippen molar-refractivity contribution in [3.63, 3.8) is 0 Å². The zero-order chi connectivity index (χ0) is 17.2. The predicted molar refractivity (Wildman–Crippen MR) is 89.0 cm³/mol. The van der Waals surface area contributed by atoms with E-state index in [9.17, 15) is 4.79 Å². The summed E-state index contributed by atoms with van der Waals surface area (Å²) in [6.45, 7) is 2.08. The second-order valence-corrected chi connectivity index (χ2v) is 5.92. The number of imidazole rings is 1. The van der Waals surface area contributed by atoms with Crippen molar-refractivity contribution in [1.29, 1.82) is 0 Å². The Bertz CT molecular complexity index is 872. The highest BCUT2D eigenvalue weighted by Gasteiger charge is 2.31. The van der Waals surface area contributed by atoms with E-state index in [1.165, 1.54) is 11.0 Å². The first-order valence-electron chi connectivity index (χ1n) is 8.06. The van der Waals surface area contributed by atoms with Gasteiger partial charge in [-0.1, -0.05) is 6.07 Å². The maximum atomic E-state index is 13.1. The number of nitrogens with one attached hydrogen (secondary N) is 1. The minimum atomic E-state index is -0.0991. The second-order valence-electron chi connectivity index (χ2n) is 5.92. The second kappa shape index (κ2) is 6.44. The minimum Gasteiger partial charge on any atom is -0.336 e. The number of carbonyl (C=O) groups is 1. The quantitative estimate of drug-likeness (QED) is 0.732. The number of tetrazole rings is 1. The lowest BCUT2D eigenvalue weighted by Crippen LogP contribution is -2.49. The fourth-order valence-corrected chi connectivity index (χ4v) is 3.10. The van der Waals surface area contributed by atoms with Crippen molar-refractivity contribution < 1.29 is 4.79 Å². The molecule has 1 aliphatic heterocycles. The van der Waals surface area contributed by atoms with Crippen LogP contribution >= 0.6 is 0 Å². The first-order chi connectivity index (χ1) is 12.2. The molecule has 128 valence electrons. The van der Waals surface area contributed by atoms with Crippen molar-refractivity contribution in [2.45, 2.75) is 6.04 Å². The molecule has 1 fully saturated rings. The van der Waals surface area contributed by atoms with E-state index in [1.807, 2.05) is 40.9 Å². The van der Waals surface area contributed by atoms with Crippen molar-refractivity contribution in [3.8, 4) is 5.69 Å². The monoisotopic (exact) mass is 338 g/mol. The highest BCUT2D eigenvalue weighted by atomic mass is 16.2. The molecule has 0 radical (unpaired) electrons. The van der Waals surface area contributed by atoms with Gasteiger partial charge in [-0.3, -0.25) is 4.79 Å². The molecular weight excluding hydrogens is 320 g/mol. The maximum Gasteiger partial charge on any atom is 0.254 e. The van der Waals surface area contributed by atoms with Crippen LogP contribution in [0, 0.1) is 0 Å². The van der Waals surface area contributed by atoms with Crippen molar-refractivity contribution >= 4 is 5.91 Å². The summed E-state index contributed by atoms with van der Waals surface area (Å²) in [7, 11) is 1.94. The SMILES string of the molecule is Cn1ccnc1C1CNCCN1C(=O)c1cccc(-n2cnnn2)c1. The summed E-state index contributed by atoms with van der Waals surface area (Å²) in [5, 5.41) is 14.5. The van der Waals surface area contributed by atoms with Crippen LogP contribution in [0.1, 0.15) is 22.2 Å². The molecule has 3 heterocycles. The fourth-order valence-electron chi connectivity index (χ4n) is 3.10. The maximum absolute atomic E-state index is 13.1. The normalized spacial score (nSPS) is 17.6. The highest BCUT2D eigenvalue weighted by Crippen LogP contribution is 2.23. The van der Waals surface area contributed by atoms with Gasteiger partial charge in [-0.15, -0.1) is 5.10 Å². The summed E-state index contributed by atoms with van der Waals surface area (Å²) >= 11 is 0. The van der Waals surface area contributed by atoms with Gasteiger partial charge in [0, 0.05) is 44.6 Å². The minimum absolute atomic E-state index is 0.0237. The molecule has 1 unspecified atom stereocenters. The Kier molecular flexibility index (Phi) is 3.98. The van der Waals surface area contributed by atoms with E-state index in [4.69, 9.17) is 0 Å². The number of amides is 1. The third-order valence-corrected chi connectivity index (χ3v) is 4.37. The number of hydrogen-bond acceptors (Lipinski definition) is 6. The van der Waals surface area contributed by atoms with Crippen molar-refractivity contribution in [3.05, 3.63) is 54.4 Å². The molecule has 25 heavy (non-hydrogen) atoms. The van der Waals surface area contributed by atoms with Crippen LogP contribution in [-0.2, 0) is 7.05 Å². The lowest BCUT2D eigenvalue weighted by Gasteiger charge is -2.35. The summed E-state index contributed by atoms with van der Waals surface area (Å²) < 4.78 is 3.49. The molecule has 9 nitrogen and oxygen atoms in total. The summed E-state index contributed by atoms with van der Waals surface area (Å²) in [4.78, 5) is 19.4. The van der Waals surface area contributed by atoms with Gasteiger partial charge in [0.05, 0.1) is 5.69 Å². The van der Waals surface area contributed by atoms with E-state index in [-0.39, 0.29) is 11.9 Å². The number of carbonyl (C=O) groups excluding carboxylic acids is 1. The standard InChI is InChI=1S/C16H18N8O/c1-22-7-6-18-15(22)14-10-17-5-8-23(14)16(25)12-3-2-4-13(9-12)24-11-19-20-21-24/h2-4,6-7,9,11,14,17H,5,8,10H2,1H3. The van der Waals surface area contributed by atoms with E-state index in [1.54, 1.807) is 12.3 Å². The molecular formula is C16H18N8O. The van der Waals surface area contributed by atoms with Gasteiger partial charge >= 0.3 is 0 Å². The summed E-state index contributed by atoms with van der Waals surface area (Å²) in [6, 6.07) is 7.21. The molecule has 1 N–H and O–H groups in total. The number of hydrogen-bond donors (Lipinski definition) is 1. The number of aryl methyl sites for hydroxylation is 1. The van der Waals surface area contributed by atoms with Crippen LogP contribution in [0.15, 0.2) is 43.0 Å². The zero-order valence-corrected chi connectivity index (χ0v) is 13.8. The summed E-state index contributed by atoms with van der Waals surface area (Å²) in [5.74, 6) is 0.849. The molecule has 3 aromatic rings. The van der Waals surface area contributed by atoms with E-state index in [0.29, 0.717) is 18.7 Å². The highest BCUT2D eigenvalue weighted by molar-refractivity contribution is 5.95. The van der Waals surface area contributed by atoms with Crippen molar-refractivity contribution in [2.75, 3.05) is 19.6 Å². The van der Waals surface area contributed by atoms with Crippen molar-refractivity contribution in [2.24, 2.45) is 7.05 Å². The lowest BCUT2D eigenvalue weighted by atomic mass is 10.1. The molecule has 0 spiro atoms. The molecule has 2 aromatic heterocycles. The Morgan fingerprint density at radius 3 is 3.04 bits per heavy atom. The van der Waals surface area contributed by atoms with Crippen LogP contribution in [-0.4, -0.2) is 60.2 Å². The zero-order valence-electron chi connectivity index (χ0n) is 13.8. The third-order valence-electron chi connectivity index (χ3n) is 4.37. The van der Waals surface area contributed by atoms with E-state index < -0.39 is 0 Å². The molecule has 1 saturated heterocycles. The van der Waals surface area contributed by atoms with E-state index in [0.717, 1.165) is 18.1 Å². The molecule has 1 aromatic carbocycles. The number of nitrogens with zero attached hydrogens (tertiary/aromatic N) is 7. The smallest absolute Gasteiger partial charge is 0.254 e. The van der Waals surface area contributed by atoms with Crippen molar-refractivity contribution in [1.82, 2.24) is 40.0 Å². The van der Waals surface area contributed by atoms with E-state index in [2.05, 4.69) is 25.8 Å². The number of benzene rings is 1. The molecule has 1 aliphatic rings. The fraction of sp³-hybridized carbons (Fsp3) is 0.312. The predicted octanol–water partition coefficient (Wildman–Crippen LogP) is 0.182. The molecule has 0 bridgehead atoms. The molecule has 4 rings (SSSR count). The Labute approximate surface area is 144 Å². The lowest BCUT2D eigenvalue weighted by molar-refractivity contribution is 0.0621. The average molecular weight is 338 g/mol.